The second-order valence-electron chi connectivity index (χ2n) is 5.09. The van der Waals surface area contributed by atoms with Gasteiger partial charge >= 0.3 is 0 Å². The molecule has 0 atom stereocenters. The Morgan fingerprint density at radius 2 is 2.00 bits per heavy atom. The minimum Gasteiger partial charge on any atom is -0.359 e. The van der Waals surface area contributed by atoms with Crippen LogP contribution in [0.1, 0.15) is 12.8 Å². The Bertz CT molecular complexity index is 496. The lowest BCUT2D eigenvalue weighted by Crippen LogP contribution is -2.45. The van der Waals surface area contributed by atoms with E-state index in [-0.39, 0.29) is 11.8 Å². The number of rotatable bonds is 4. The standard InChI is InChI=1S/C16H21N3OS/c1-2-10-17-16(21)19-11-8-13(9-12-19)15(20)18-14-6-4-3-5-7-14/h2-7,13H,1,8-12H2,(H,17,21)(H,18,20). The van der Waals surface area contributed by atoms with Gasteiger partial charge in [0.1, 0.15) is 0 Å². The first kappa shape index (κ1) is 15.5. The first-order valence-electron chi connectivity index (χ1n) is 7.20. The van der Waals surface area contributed by atoms with Crippen LogP contribution in [0.15, 0.2) is 43.0 Å². The minimum atomic E-state index is 0.0589. The van der Waals surface area contributed by atoms with Gasteiger partial charge in [-0.25, -0.2) is 0 Å². The topological polar surface area (TPSA) is 44.4 Å². The Labute approximate surface area is 131 Å². The summed E-state index contributed by atoms with van der Waals surface area (Å²) < 4.78 is 0. The lowest BCUT2D eigenvalue weighted by Gasteiger charge is -2.33. The molecule has 0 aromatic heterocycles. The summed E-state index contributed by atoms with van der Waals surface area (Å²) in [5, 5.41) is 6.84. The number of nitrogens with one attached hydrogen (secondary N) is 2. The SMILES string of the molecule is C=CCNC(=S)N1CCC(C(=O)Nc2ccccc2)CC1. The van der Waals surface area contributed by atoms with Crippen molar-refractivity contribution in [2.75, 3.05) is 25.0 Å². The van der Waals surface area contributed by atoms with Crippen molar-refractivity contribution in [1.82, 2.24) is 10.2 Å². The van der Waals surface area contributed by atoms with E-state index in [2.05, 4.69) is 22.1 Å². The lowest BCUT2D eigenvalue weighted by atomic mass is 9.96. The van der Waals surface area contributed by atoms with Gasteiger partial charge in [-0.1, -0.05) is 24.3 Å². The van der Waals surface area contributed by atoms with Crippen LogP contribution in [0.5, 0.6) is 0 Å². The molecule has 4 nitrogen and oxygen atoms in total. The highest BCUT2D eigenvalue weighted by molar-refractivity contribution is 7.80. The molecule has 0 saturated carbocycles. The first-order chi connectivity index (χ1) is 10.2. The molecule has 0 aliphatic carbocycles. The summed E-state index contributed by atoms with van der Waals surface area (Å²) in [6.07, 6.45) is 3.44. The molecule has 0 bridgehead atoms. The van der Waals surface area contributed by atoms with Crippen LogP contribution >= 0.6 is 12.2 Å². The molecule has 112 valence electrons. The number of hydrogen-bond acceptors (Lipinski definition) is 2. The summed E-state index contributed by atoms with van der Waals surface area (Å²) in [5.41, 5.74) is 0.855. The maximum Gasteiger partial charge on any atom is 0.227 e. The largest absolute Gasteiger partial charge is 0.359 e. The van der Waals surface area contributed by atoms with Crippen LogP contribution < -0.4 is 10.6 Å². The zero-order valence-electron chi connectivity index (χ0n) is 12.0. The van der Waals surface area contributed by atoms with E-state index in [1.807, 2.05) is 30.3 Å². The third-order valence-electron chi connectivity index (χ3n) is 3.59. The van der Waals surface area contributed by atoms with Gasteiger partial charge in [-0.2, -0.15) is 0 Å². The molecule has 1 aromatic carbocycles. The van der Waals surface area contributed by atoms with E-state index in [0.29, 0.717) is 6.54 Å². The second-order valence-corrected chi connectivity index (χ2v) is 5.48. The van der Waals surface area contributed by atoms with Crippen molar-refractivity contribution >= 4 is 28.9 Å². The minimum absolute atomic E-state index is 0.0589. The van der Waals surface area contributed by atoms with E-state index >= 15 is 0 Å². The van der Waals surface area contributed by atoms with Crippen LogP contribution in [0.25, 0.3) is 0 Å². The number of benzene rings is 1. The molecule has 1 saturated heterocycles. The fourth-order valence-corrected chi connectivity index (χ4v) is 2.65. The van der Waals surface area contributed by atoms with Gasteiger partial charge in [0.2, 0.25) is 5.91 Å². The summed E-state index contributed by atoms with van der Waals surface area (Å²) in [7, 11) is 0. The number of nitrogens with zero attached hydrogens (tertiary/aromatic N) is 1. The zero-order valence-corrected chi connectivity index (χ0v) is 12.9. The van der Waals surface area contributed by atoms with E-state index in [1.54, 1.807) is 6.08 Å². The van der Waals surface area contributed by atoms with Gasteiger partial charge in [-0.3, -0.25) is 4.79 Å². The van der Waals surface area contributed by atoms with E-state index in [1.165, 1.54) is 0 Å². The molecule has 1 aromatic rings. The Morgan fingerprint density at radius 3 is 2.62 bits per heavy atom. The van der Waals surface area contributed by atoms with E-state index < -0.39 is 0 Å². The highest BCUT2D eigenvalue weighted by Crippen LogP contribution is 2.19. The maximum absolute atomic E-state index is 12.2. The molecule has 1 fully saturated rings. The zero-order chi connectivity index (χ0) is 15.1. The van der Waals surface area contributed by atoms with Crippen molar-refractivity contribution in [3.63, 3.8) is 0 Å². The van der Waals surface area contributed by atoms with Crippen molar-refractivity contribution in [1.29, 1.82) is 0 Å². The summed E-state index contributed by atoms with van der Waals surface area (Å²) in [4.78, 5) is 14.3. The fraction of sp³-hybridized carbons (Fsp3) is 0.375. The Kier molecular flexibility index (Phi) is 5.75. The molecular weight excluding hydrogens is 282 g/mol. The van der Waals surface area contributed by atoms with Crippen molar-refractivity contribution < 1.29 is 4.79 Å². The maximum atomic E-state index is 12.2. The van der Waals surface area contributed by atoms with Crippen LogP contribution in [-0.2, 0) is 4.79 Å². The van der Waals surface area contributed by atoms with Gasteiger partial charge in [-0.15, -0.1) is 6.58 Å². The molecule has 21 heavy (non-hydrogen) atoms. The molecule has 0 unspecified atom stereocenters. The van der Waals surface area contributed by atoms with E-state index in [0.717, 1.165) is 36.7 Å². The smallest absolute Gasteiger partial charge is 0.227 e. The van der Waals surface area contributed by atoms with Crippen molar-refractivity contribution in [2.45, 2.75) is 12.8 Å². The van der Waals surface area contributed by atoms with Crippen LogP contribution in [0.3, 0.4) is 0 Å². The molecular formula is C16H21N3OS. The molecule has 2 rings (SSSR count). The van der Waals surface area contributed by atoms with Crippen molar-refractivity contribution in [3.8, 4) is 0 Å². The number of carbonyl (C=O) groups excluding carboxylic acids is 1. The van der Waals surface area contributed by atoms with Crippen molar-refractivity contribution in [2.24, 2.45) is 5.92 Å². The summed E-state index contributed by atoms with van der Waals surface area (Å²) in [6, 6.07) is 9.58. The number of piperidine rings is 1. The monoisotopic (exact) mass is 303 g/mol. The highest BCUT2D eigenvalue weighted by Gasteiger charge is 2.25. The number of thiocarbonyl (C=S) groups is 1. The van der Waals surface area contributed by atoms with Gasteiger partial charge in [0.25, 0.3) is 0 Å². The predicted octanol–water partition coefficient (Wildman–Crippen LogP) is 2.40. The van der Waals surface area contributed by atoms with Crippen LogP contribution in [0.4, 0.5) is 5.69 Å². The van der Waals surface area contributed by atoms with E-state index in [9.17, 15) is 4.79 Å². The molecule has 1 aliphatic rings. The van der Waals surface area contributed by atoms with Gasteiger partial charge in [0.15, 0.2) is 5.11 Å². The molecule has 1 aliphatic heterocycles. The van der Waals surface area contributed by atoms with Crippen LogP contribution in [0.2, 0.25) is 0 Å². The average Bonchev–Trinajstić information content (AvgIpc) is 2.53. The molecule has 0 spiro atoms. The number of hydrogen-bond donors (Lipinski definition) is 2. The van der Waals surface area contributed by atoms with Crippen molar-refractivity contribution in [3.05, 3.63) is 43.0 Å². The second kappa shape index (κ2) is 7.78. The number of amides is 1. The summed E-state index contributed by atoms with van der Waals surface area (Å²) in [6.45, 7) is 5.96. The molecule has 0 radical (unpaired) electrons. The quantitative estimate of drug-likeness (QED) is 0.662. The Balaban J connectivity index is 1.79. The predicted molar refractivity (Wildman–Crippen MR) is 90.2 cm³/mol. The number of para-hydroxylation sites is 1. The van der Waals surface area contributed by atoms with Crippen LogP contribution in [0, 0.1) is 5.92 Å². The number of anilines is 1. The molecule has 2 N–H and O–H groups in total. The fourth-order valence-electron chi connectivity index (χ4n) is 2.38. The normalized spacial score (nSPS) is 15.3. The van der Waals surface area contributed by atoms with E-state index in [4.69, 9.17) is 12.2 Å². The summed E-state index contributed by atoms with van der Waals surface area (Å²) >= 11 is 5.32. The number of carbonyl (C=O) groups is 1. The first-order valence-corrected chi connectivity index (χ1v) is 7.61. The van der Waals surface area contributed by atoms with Gasteiger partial charge in [-0.05, 0) is 37.2 Å². The lowest BCUT2D eigenvalue weighted by molar-refractivity contribution is -0.120. The summed E-state index contributed by atoms with van der Waals surface area (Å²) in [5.74, 6) is 0.162. The Hall–Kier alpha value is -1.88. The number of likely N-dealkylation sites (tertiary alicyclic amines) is 1. The molecule has 1 heterocycles. The van der Waals surface area contributed by atoms with Gasteiger partial charge in [0, 0.05) is 31.2 Å². The molecule has 1 amide bonds. The third-order valence-corrected chi connectivity index (χ3v) is 3.99. The third kappa shape index (κ3) is 4.56. The average molecular weight is 303 g/mol. The highest BCUT2D eigenvalue weighted by atomic mass is 32.1. The van der Waals surface area contributed by atoms with Gasteiger partial charge < -0.3 is 15.5 Å². The Morgan fingerprint density at radius 1 is 1.33 bits per heavy atom. The van der Waals surface area contributed by atoms with Crippen LogP contribution in [-0.4, -0.2) is 35.6 Å². The van der Waals surface area contributed by atoms with Gasteiger partial charge in [0.05, 0.1) is 0 Å². The molecule has 5 heteroatoms.